The van der Waals surface area contributed by atoms with E-state index in [9.17, 15) is 4.79 Å². The number of nitrogens with one attached hydrogen (secondary N) is 1. The molecule has 0 aliphatic carbocycles. The Hall–Kier alpha value is -0.650. The standard InChI is InChI=1S/C5H12N2.C3H7NO.C3H8O/c1-7-4-2-6-3-5-7;1-4(2)3-5;1-3(2)4/h6H,2-5H2,1H3;3H,1-2H3;3-4H,1-2H3. The van der Waals surface area contributed by atoms with Gasteiger partial charge in [-0.05, 0) is 20.9 Å². The average Bonchev–Trinajstić information content (AvgIpc) is 2.19. The SMILES string of the molecule is CC(C)O.CN(C)C=O.CN1CCNCC1. The van der Waals surface area contributed by atoms with Gasteiger partial charge >= 0.3 is 0 Å². The molecular weight excluding hydrogens is 206 g/mol. The number of carbonyl (C=O) groups excluding carboxylic acids is 1. The van der Waals surface area contributed by atoms with Gasteiger partial charge in [0.2, 0.25) is 6.41 Å². The minimum Gasteiger partial charge on any atom is -0.394 e. The second kappa shape index (κ2) is 12.4. The highest BCUT2D eigenvalue weighted by Gasteiger charge is 2.01. The molecule has 1 aliphatic rings. The zero-order valence-electron chi connectivity index (χ0n) is 11.2. The first kappa shape index (κ1) is 17.7. The topological polar surface area (TPSA) is 55.8 Å². The summed E-state index contributed by atoms with van der Waals surface area (Å²) in [6.07, 6.45) is 0.583. The molecule has 0 aromatic rings. The third-order valence-electron chi connectivity index (χ3n) is 1.55. The van der Waals surface area contributed by atoms with Crippen LogP contribution >= 0.6 is 0 Å². The Morgan fingerprint density at radius 3 is 1.75 bits per heavy atom. The summed E-state index contributed by atoms with van der Waals surface area (Å²) in [5.41, 5.74) is 0. The molecule has 5 heteroatoms. The lowest BCUT2D eigenvalue weighted by atomic mass is 10.4. The first-order valence-electron chi connectivity index (χ1n) is 5.59. The third-order valence-corrected chi connectivity index (χ3v) is 1.55. The van der Waals surface area contributed by atoms with Crippen LogP contribution in [0.2, 0.25) is 0 Å². The first-order valence-corrected chi connectivity index (χ1v) is 5.59. The van der Waals surface area contributed by atoms with Gasteiger partial charge in [-0.2, -0.15) is 0 Å². The van der Waals surface area contributed by atoms with Gasteiger partial charge in [0, 0.05) is 46.4 Å². The number of rotatable bonds is 1. The maximum absolute atomic E-state index is 9.43. The zero-order valence-corrected chi connectivity index (χ0v) is 11.2. The highest BCUT2D eigenvalue weighted by molar-refractivity contribution is 5.45. The minimum absolute atomic E-state index is 0.167. The van der Waals surface area contributed by atoms with Crippen molar-refractivity contribution in [1.29, 1.82) is 0 Å². The fourth-order valence-electron chi connectivity index (χ4n) is 0.777. The average molecular weight is 233 g/mol. The maximum atomic E-state index is 9.43. The molecule has 2 N–H and O–H groups in total. The monoisotopic (exact) mass is 233 g/mol. The van der Waals surface area contributed by atoms with E-state index in [2.05, 4.69) is 17.3 Å². The fraction of sp³-hybridized carbons (Fsp3) is 0.909. The van der Waals surface area contributed by atoms with Crippen LogP contribution in [0.5, 0.6) is 0 Å². The molecule has 0 aromatic heterocycles. The van der Waals surface area contributed by atoms with Crippen molar-refractivity contribution in [3.8, 4) is 0 Å². The molecule has 98 valence electrons. The Balaban J connectivity index is 0. The number of aliphatic hydroxyl groups excluding tert-OH is 1. The summed E-state index contributed by atoms with van der Waals surface area (Å²) in [5, 5.41) is 11.3. The second-order valence-electron chi connectivity index (χ2n) is 4.22. The number of likely N-dealkylation sites (N-methyl/N-ethyl adjacent to an activating group) is 1. The number of amides is 1. The molecule has 0 spiro atoms. The third kappa shape index (κ3) is 23.3. The van der Waals surface area contributed by atoms with Gasteiger partial charge in [-0.25, -0.2) is 0 Å². The van der Waals surface area contributed by atoms with Crippen LogP contribution in [-0.4, -0.2) is 74.7 Å². The molecule has 16 heavy (non-hydrogen) atoms. The van der Waals surface area contributed by atoms with E-state index in [0.717, 1.165) is 19.5 Å². The second-order valence-corrected chi connectivity index (χ2v) is 4.22. The number of nitrogens with zero attached hydrogens (tertiary/aromatic N) is 2. The Morgan fingerprint density at radius 2 is 1.62 bits per heavy atom. The van der Waals surface area contributed by atoms with Crippen molar-refractivity contribution in [3.05, 3.63) is 0 Å². The lowest BCUT2D eigenvalue weighted by Crippen LogP contribution is -2.40. The van der Waals surface area contributed by atoms with Crippen molar-refractivity contribution in [2.75, 3.05) is 47.3 Å². The number of carbonyl (C=O) groups is 1. The molecule has 0 atom stereocenters. The molecular formula is C11H27N3O2. The quantitative estimate of drug-likeness (QED) is 0.606. The first-order chi connectivity index (χ1) is 7.40. The minimum atomic E-state index is -0.167. The fourth-order valence-corrected chi connectivity index (χ4v) is 0.777. The van der Waals surface area contributed by atoms with E-state index in [-0.39, 0.29) is 6.10 Å². The number of hydrogen-bond acceptors (Lipinski definition) is 4. The van der Waals surface area contributed by atoms with Crippen LogP contribution in [0.15, 0.2) is 0 Å². The van der Waals surface area contributed by atoms with Crippen LogP contribution in [0, 0.1) is 0 Å². The summed E-state index contributed by atoms with van der Waals surface area (Å²) in [4.78, 5) is 13.2. The van der Waals surface area contributed by atoms with E-state index >= 15 is 0 Å². The summed E-state index contributed by atoms with van der Waals surface area (Å²) in [6, 6.07) is 0. The van der Waals surface area contributed by atoms with E-state index in [0.29, 0.717) is 0 Å². The normalized spacial score (nSPS) is 15.4. The van der Waals surface area contributed by atoms with Crippen molar-refractivity contribution in [2.24, 2.45) is 0 Å². The number of piperazine rings is 1. The lowest BCUT2D eigenvalue weighted by Gasteiger charge is -2.21. The van der Waals surface area contributed by atoms with E-state index in [4.69, 9.17) is 5.11 Å². The Kier molecular flexibility index (Phi) is 13.8. The summed E-state index contributed by atoms with van der Waals surface area (Å²) >= 11 is 0. The molecule has 0 aromatic carbocycles. The number of hydrogen-bond donors (Lipinski definition) is 2. The van der Waals surface area contributed by atoms with Gasteiger partial charge in [-0.1, -0.05) is 0 Å². The van der Waals surface area contributed by atoms with Gasteiger partial charge in [0.1, 0.15) is 0 Å². The summed E-state index contributed by atoms with van der Waals surface area (Å²) in [5.74, 6) is 0. The largest absolute Gasteiger partial charge is 0.394 e. The number of aliphatic hydroxyl groups is 1. The Labute approximate surface area is 99.4 Å². The van der Waals surface area contributed by atoms with Crippen molar-refractivity contribution < 1.29 is 9.90 Å². The highest BCUT2D eigenvalue weighted by atomic mass is 16.3. The molecule has 0 bridgehead atoms. The summed E-state index contributed by atoms with van der Waals surface area (Å²) in [7, 11) is 5.53. The van der Waals surface area contributed by atoms with Gasteiger partial charge in [-0.3, -0.25) is 4.79 Å². The highest BCUT2D eigenvalue weighted by Crippen LogP contribution is 1.83. The molecule has 1 saturated heterocycles. The predicted molar refractivity (Wildman–Crippen MR) is 67.5 cm³/mol. The molecule has 0 saturated carbocycles. The van der Waals surface area contributed by atoms with Gasteiger partial charge in [0.25, 0.3) is 0 Å². The van der Waals surface area contributed by atoms with E-state index in [1.54, 1.807) is 27.9 Å². The van der Waals surface area contributed by atoms with Gasteiger partial charge in [0.15, 0.2) is 0 Å². The smallest absolute Gasteiger partial charge is 0.209 e. The van der Waals surface area contributed by atoms with Crippen molar-refractivity contribution >= 4 is 6.41 Å². The molecule has 1 amide bonds. The maximum Gasteiger partial charge on any atom is 0.209 e. The van der Waals surface area contributed by atoms with Crippen LogP contribution in [0.3, 0.4) is 0 Å². The van der Waals surface area contributed by atoms with E-state index < -0.39 is 0 Å². The summed E-state index contributed by atoms with van der Waals surface area (Å²) < 4.78 is 0. The van der Waals surface area contributed by atoms with Crippen LogP contribution < -0.4 is 5.32 Å². The lowest BCUT2D eigenvalue weighted by molar-refractivity contribution is -0.115. The van der Waals surface area contributed by atoms with Crippen molar-refractivity contribution in [1.82, 2.24) is 15.1 Å². The van der Waals surface area contributed by atoms with Gasteiger partial charge in [-0.15, -0.1) is 0 Å². The van der Waals surface area contributed by atoms with Crippen LogP contribution in [-0.2, 0) is 4.79 Å². The van der Waals surface area contributed by atoms with Crippen molar-refractivity contribution in [3.63, 3.8) is 0 Å². The molecule has 0 radical (unpaired) electrons. The molecule has 1 rings (SSSR count). The van der Waals surface area contributed by atoms with Crippen LogP contribution in [0.25, 0.3) is 0 Å². The molecule has 5 nitrogen and oxygen atoms in total. The van der Waals surface area contributed by atoms with E-state index in [1.165, 1.54) is 18.0 Å². The molecule has 1 heterocycles. The van der Waals surface area contributed by atoms with Crippen LogP contribution in [0.1, 0.15) is 13.8 Å². The molecule has 1 fully saturated rings. The van der Waals surface area contributed by atoms with Crippen molar-refractivity contribution in [2.45, 2.75) is 20.0 Å². The predicted octanol–water partition coefficient (Wildman–Crippen LogP) is -0.387. The zero-order chi connectivity index (χ0) is 13.0. The van der Waals surface area contributed by atoms with Gasteiger partial charge < -0.3 is 20.2 Å². The summed E-state index contributed by atoms with van der Waals surface area (Å²) in [6.45, 7) is 8.19. The molecule has 1 aliphatic heterocycles. The Bertz CT molecular complexity index is 143. The van der Waals surface area contributed by atoms with Gasteiger partial charge in [0.05, 0.1) is 0 Å². The molecule has 0 unspecified atom stereocenters. The van der Waals surface area contributed by atoms with E-state index in [1.807, 2.05) is 0 Å². The Morgan fingerprint density at radius 1 is 1.31 bits per heavy atom. The van der Waals surface area contributed by atoms with Crippen LogP contribution in [0.4, 0.5) is 0 Å².